The highest BCUT2D eigenvalue weighted by molar-refractivity contribution is 6.29. The molecule has 1 aromatic heterocycles. The van der Waals surface area contributed by atoms with Crippen molar-refractivity contribution in [3.63, 3.8) is 0 Å². The molecule has 0 aliphatic rings. The van der Waals surface area contributed by atoms with E-state index < -0.39 is 4.92 Å². The van der Waals surface area contributed by atoms with Gasteiger partial charge in [0.1, 0.15) is 11.0 Å². The molecule has 0 aromatic carbocycles. The van der Waals surface area contributed by atoms with Gasteiger partial charge in [-0.2, -0.15) is 0 Å². The molecule has 0 atom stereocenters. The van der Waals surface area contributed by atoms with Crippen molar-refractivity contribution in [2.45, 2.75) is 20.3 Å². The molecule has 0 fully saturated rings. The number of hydrogen-bond donors (Lipinski definition) is 1. The van der Waals surface area contributed by atoms with Crippen molar-refractivity contribution in [3.05, 3.63) is 27.4 Å². The van der Waals surface area contributed by atoms with Crippen molar-refractivity contribution in [2.24, 2.45) is 5.41 Å². The number of hydrogen-bond acceptors (Lipinski definition) is 5. The van der Waals surface area contributed by atoms with Gasteiger partial charge in [-0.3, -0.25) is 10.1 Å². The van der Waals surface area contributed by atoms with Crippen molar-refractivity contribution in [1.29, 1.82) is 0 Å². The van der Waals surface area contributed by atoms with Crippen LogP contribution in [0.3, 0.4) is 0 Å². The lowest BCUT2D eigenvalue weighted by Gasteiger charge is -2.24. The molecule has 0 saturated carbocycles. The molecule has 106 valence electrons. The third kappa shape index (κ3) is 5.40. The molecular weight excluding hydrogens is 270 g/mol. The Balaban J connectivity index is 2.69. The van der Waals surface area contributed by atoms with E-state index in [1.165, 1.54) is 12.1 Å². The Bertz CT molecular complexity index is 452. The summed E-state index contributed by atoms with van der Waals surface area (Å²) in [5.41, 5.74) is -0.0772. The third-order valence-electron chi connectivity index (χ3n) is 2.72. The molecule has 0 bridgehead atoms. The molecule has 6 nitrogen and oxygen atoms in total. The molecule has 0 aliphatic heterocycles. The summed E-state index contributed by atoms with van der Waals surface area (Å²) < 4.78 is 5.05. The highest BCUT2D eigenvalue weighted by Gasteiger charge is 2.18. The largest absolute Gasteiger partial charge is 0.385 e. The van der Waals surface area contributed by atoms with E-state index in [1.807, 2.05) is 0 Å². The number of pyridine rings is 1. The molecule has 19 heavy (non-hydrogen) atoms. The average Bonchev–Trinajstić information content (AvgIpc) is 2.33. The molecule has 7 heteroatoms. The minimum atomic E-state index is -0.491. The van der Waals surface area contributed by atoms with Gasteiger partial charge in [0.15, 0.2) is 0 Å². The maximum absolute atomic E-state index is 10.7. The predicted molar refractivity (Wildman–Crippen MR) is 74.7 cm³/mol. The number of aromatic nitrogens is 1. The second-order valence-electron chi connectivity index (χ2n) is 5.05. The van der Waals surface area contributed by atoms with Gasteiger partial charge >= 0.3 is 0 Å². The summed E-state index contributed by atoms with van der Waals surface area (Å²) in [5, 5.41) is 13.9. The smallest absolute Gasteiger partial charge is 0.276 e. The number of rotatable bonds is 7. The van der Waals surface area contributed by atoms with Crippen LogP contribution in [0.5, 0.6) is 0 Å². The van der Waals surface area contributed by atoms with Gasteiger partial charge in [-0.1, -0.05) is 25.4 Å². The van der Waals surface area contributed by atoms with Gasteiger partial charge in [0, 0.05) is 20.3 Å². The van der Waals surface area contributed by atoms with Crippen LogP contribution in [-0.4, -0.2) is 30.2 Å². The first-order valence-electron chi connectivity index (χ1n) is 5.89. The fourth-order valence-corrected chi connectivity index (χ4v) is 1.68. The van der Waals surface area contributed by atoms with Crippen LogP contribution in [0.25, 0.3) is 0 Å². The van der Waals surface area contributed by atoms with Crippen molar-refractivity contribution in [1.82, 2.24) is 4.98 Å². The summed E-state index contributed by atoms with van der Waals surface area (Å²) in [6.07, 6.45) is 0.874. The first kappa shape index (κ1) is 15.7. The quantitative estimate of drug-likeness (QED) is 0.473. The van der Waals surface area contributed by atoms with Gasteiger partial charge in [0.25, 0.3) is 5.69 Å². The Morgan fingerprint density at radius 3 is 2.79 bits per heavy atom. The maximum Gasteiger partial charge on any atom is 0.276 e. The van der Waals surface area contributed by atoms with Gasteiger partial charge in [0.05, 0.1) is 17.1 Å². The standard InChI is InChI=1S/C12H18ClN3O3/c1-12(2,4-5-19-3)8-14-11-7-9(16(17)18)6-10(13)15-11/h6-7H,4-5,8H2,1-3H3,(H,14,15). The van der Waals surface area contributed by atoms with Crippen molar-refractivity contribution >= 4 is 23.1 Å². The molecule has 0 unspecified atom stereocenters. The maximum atomic E-state index is 10.7. The lowest BCUT2D eigenvalue weighted by molar-refractivity contribution is -0.384. The van der Waals surface area contributed by atoms with Crippen LogP contribution < -0.4 is 5.32 Å². The molecule has 0 aliphatic carbocycles. The molecule has 1 rings (SSSR count). The van der Waals surface area contributed by atoms with Crippen LogP contribution in [0.4, 0.5) is 11.5 Å². The van der Waals surface area contributed by atoms with Crippen LogP contribution in [0.15, 0.2) is 12.1 Å². The number of nitro groups is 1. The Morgan fingerprint density at radius 2 is 2.21 bits per heavy atom. The van der Waals surface area contributed by atoms with Crippen LogP contribution >= 0.6 is 11.6 Å². The number of nitrogens with zero attached hydrogens (tertiary/aromatic N) is 2. The fraction of sp³-hybridized carbons (Fsp3) is 0.583. The second kappa shape index (κ2) is 6.68. The zero-order valence-electron chi connectivity index (χ0n) is 11.3. The summed E-state index contributed by atoms with van der Waals surface area (Å²) in [4.78, 5) is 14.2. The Morgan fingerprint density at radius 1 is 1.53 bits per heavy atom. The SMILES string of the molecule is COCCC(C)(C)CNc1cc([N+](=O)[O-])cc(Cl)n1. The average molecular weight is 288 g/mol. The van der Waals surface area contributed by atoms with Gasteiger partial charge in [0.2, 0.25) is 0 Å². The van der Waals surface area contributed by atoms with Crippen LogP contribution in [-0.2, 0) is 4.74 Å². The Labute approximate surface area is 117 Å². The van der Waals surface area contributed by atoms with E-state index in [-0.39, 0.29) is 16.3 Å². The van der Waals surface area contributed by atoms with E-state index >= 15 is 0 Å². The number of ether oxygens (including phenoxy) is 1. The Kier molecular flexibility index (Phi) is 5.50. The predicted octanol–water partition coefficient (Wildman–Crippen LogP) is 3.12. The molecular formula is C12H18ClN3O3. The number of halogens is 1. The third-order valence-corrected chi connectivity index (χ3v) is 2.91. The first-order chi connectivity index (χ1) is 8.84. The van der Waals surface area contributed by atoms with Crippen LogP contribution in [0, 0.1) is 15.5 Å². The normalized spacial score (nSPS) is 11.4. The second-order valence-corrected chi connectivity index (χ2v) is 5.44. The van der Waals surface area contributed by atoms with Crippen molar-refractivity contribution in [2.75, 3.05) is 25.6 Å². The van der Waals surface area contributed by atoms with E-state index in [4.69, 9.17) is 16.3 Å². The monoisotopic (exact) mass is 287 g/mol. The summed E-state index contributed by atoms with van der Waals surface area (Å²) >= 11 is 5.75. The van der Waals surface area contributed by atoms with Gasteiger partial charge in [-0.15, -0.1) is 0 Å². The minimum Gasteiger partial charge on any atom is -0.385 e. The summed E-state index contributed by atoms with van der Waals surface area (Å²) in [6.45, 7) is 5.45. The number of methoxy groups -OCH3 is 1. The topological polar surface area (TPSA) is 77.3 Å². The van der Waals surface area contributed by atoms with Crippen molar-refractivity contribution < 1.29 is 9.66 Å². The van der Waals surface area contributed by atoms with E-state index in [1.54, 1.807) is 7.11 Å². The lowest BCUT2D eigenvalue weighted by atomic mass is 9.90. The molecule has 0 saturated heterocycles. The highest BCUT2D eigenvalue weighted by Crippen LogP contribution is 2.24. The zero-order valence-corrected chi connectivity index (χ0v) is 12.0. The lowest BCUT2D eigenvalue weighted by Crippen LogP contribution is -2.25. The van der Waals surface area contributed by atoms with Crippen LogP contribution in [0.2, 0.25) is 5.15 Å². The molecule has 0 spiro atoms. The molecule has 1 heterocycles. The zero-order chi connectivity index (χ0) is 14.5. The van der Waals surface area contributed by atoms with Gasteiger partial charge < -0.3 is 10.1 Å². The van der Waals surface area contributed by atoms with Gasteiger partial charge in [-0.05, 0) is 11.8 Å². The summed E-state index contributed by atoms with van der Waals surface area (Å²) in [7, 11) is 1.66. The molecule has 1 N–H and O–H groups in total. The summed E-state index contributed by atoms with van der Waals surface area (Å²) in [6, 6.07) is 2.60. The Hall–Kier alpha value is -1.40. The first-order valence-corrected chi connectivity index (χ1v) is 6.27. The minimum absolute atomic E-state index is 0.00517. The van der Waals surface area contributed by atoms with Crippen LogP contribution in [0.1, 0.15) is 20.3 Å². The van der Waals surface area contributed by atoms with E-state index in [9.17, 15) is 10.1 Å². The van der Waals surface area contributed by atoms with E-state index in [2.05, 4.69) is 24.1 Å². The van der Waals surface area contributed by atoms with E-state index in [0.29, 0.717) is 19.0 Å². The molecule has 1 aromatic rings. The fourth-order valence-electron chi connectivity index (χ4n) is 1.48. The van der Waals surface area contributed by atoms with E-state index in [0.717, 1.165) is 6.42 Å². The summed E-state index contributed by atoms with van der Waals surface area (Å²) in [5.74, 6) is 0.407. The molecule has 0 radical (unpaired) electrons. The van der Waals surface area contributed by atoms with Gasteiger partial charge in [-0.25, -0.2) is 4.98 Å². The van der Waals surface area contributed by atoms with Crippen molar-refractivity contribution in [3.8, 4) is 0 Å². The number of anilines is 1. The number of nitrogens with one attached hydrogen (secondary N) is 1. The highest BCUT2D eigenvalue weighted by atomic mass is 35.5. The molecule has 0 amide bonds.